The molecule has 0 aliphatic carbocycles. The van der Waals surface area contributed by atoms with Crippen LogP contribution in [0, 0.1) is 5.82 Å². The van der Waals surface area contributed by atoms with E-state index in [0.717, 1.165) is 47.7 Å². The van der Waals surface area contributed by atoms with E-state index in [0.29, 0.717) is 11.5 Å². The largest absolute Gasteiger partial charge is 0.451 e. The van der Waals surface area contributed by atoms with E-state index in [9.17, 15) is 9.18 Å². The second-order valence-corrected chi connectivity index (χ2v) is 7.77. The van der Waals surface area contributed by atoms with Gasteiger partial charge in [0.1, 0.15) is 23.6 Å². The lowest BCUT2D eigenvalue weighted by molar-refractivity contribution is -0.115. The predicted molar refractivity (Wildman–Crippen MR) is 116 cm³/mol. The number of oxazole rings is 1. The number of benzene rings is 1. The van der Waals surface area contributed by atoms with E-state index in [1.165, 1.54) is 24.8 Å². The van der Waals surface area contributed by atoms with Crippen LogP contribution in [0.4, 0.5) is 10.2 Å². The monoisotopic (exact) mass is 432 g/mol. The number of likely N-dealkylation sites (N-methyl/N-ethyl adjacent to an activating group) is 1. The molecular weight excluding hydrogens is 411 g/mol. The predicted octanol–water partition coefficient (Wildman–Crippen LogP) is 3.37. The number of nitrogens with one attached hydrogen (secondary N) is 1. The molecule has 0 unspecified atom stereocenters. The second-order valence-electron chi connectivity index (χ2n) is 7.77. The van der Waals surface area contributed by atoms with Crippen LogP contribution in [0.15, 0.2) is 59.7 Å². The SMILES string of the molecule is CN1CCn2nc(-c3ccc(F)cc3)c(-c3ccnc(NC(=O)Cc4cocn4)c3)c2C1. The zero-order valence-electron chi connectivity index (χ0n) is 17.5. The number of hydrogen-bond acceptors (Lipinski definition) is 6. The van der Waals surface area contributed by atoms with Crippen LogP contribution < -0.4 is 5.32 Å². The van der Waals surface area contributed by atoms with Gasteiger partial charge in [0.2, 0.25) is 5.91 Å². The average molecular weight is 432 g/mol. The van der Waals surface area contributed by atoms with E-state index in [1.807, 2.05) is 16.8 Å². The Hall–Kier alpha value is -3.85. The molecule has 1 aliphatic rings. The van der Waals surface area contributed by atoms with Gasteiger partial charge in [0.25, 0.3) is 0 Å². The highest BCUT2D eigenvalue weighted by Crippen LogP contribution is 2.37. The minimum atomic E-state index is -0.292. The van der Waals surface area contributed by atoms with Crippen LogP contribution in [0.25, 0.3) is 22.4 Å². The Kier molecular flexibility index (Phi) is 5.24. The normalized spacial score (nSPS) is 13.7. The fourth-order valence-corrected chi connectivity index (χ4v) is 3.89. The first-order valence-corrected chi connectivity index (χ1v) is 10.2. The van der Waals surface area contributed by atoms with Crippen molar-refractivity contribution in [3.8, 4) is 22.4 Å². The van der Waals surface area contributed by atoms with Gasteiger partial charge in [-0.3, -0.25) is 14.4 Å². The molecule has 3 aromatic heterocycles. The Bertz CT molecular complexity index is 1250. The summed E-state index contributed by atoms with van der Waals surface area (Å²) in [6, 6.07) is 10.1. The zero-order valence-corrected chi connectivity index (χ0v) is 17.5. The van der Waals surface area contributed by atoms with Gasteiger partial charge in [-0.2, -0.15) is 5.10 Å². The molecule has 1 aromatic carbocycles. The summed E-state index contributed by atoms with van der Waals surface area (Å²) in [5.41, 5.74) is 5.07. The number of aromatic nitrogens is 4. The number of amides is 1. The molecule has 162 valence electrons. The average Bonchev–Trinajstić information content (AvgIpc) is 3.41. The van der Waals surface area contributed by atoms with E-state index in [-0.39, 0.29) is 18.1 Å². The molecule has 5 rings (SSSR count). The van der Waals surface area contributed by atoms with E-state index in [4.69, 9.17) is 9.52 Å². The third-order valence-corrected chi connectivity index (χ3v) is 5.43. The molecule has 0 saturated carbocycles. The van der Waals surface area contributed by atoms with Crippen molar-refractivity contribution in [1.82, 2.24) is 24.6 Å². The highest BCUT2D eigenvalue weighted by atomic mass is 19.1. The summed E-state index contributed by atoms with van der Waals surface area (Å²) in [4.78, 5) is 22.9. The highest BCUT2D eigenvalue weighted by molar-refractivity contribution is 5.92. The first kappa shape index (κ1) is 20.1. The highest BCUT2D eigenvalue weighted by Gasteiger charge is 2.25. The van der Waals surface area contributed by atoms with Crippen LogP contribution in [0.5, 0.6) is 0 Å². The second kappa shape index (κ2) is 8.35. The van der Waals surface area contributed by atoms with Gasteiger partial charge in [0.15, 0.2) is 6.39 Å². The number of fused-ring (bicyclic) bond motifs is 1. The number of nitrogens with zero attached hydrogens (tertiary/aromatic N) is 5. The van der Waals surface area contributed by atoms with Crippen molar-refractivity contribution >= 4 is 11.7 Å². The molecule has 1 aliphatic heterocycles. The van der Waals surface area contributed by atoms with E-state index in [1.54, 1.807) is 18.3 Å². The van der Waals surface area contributed by atoms with Crippen molar-refractivity contribution in [2.75, 3.05) is 18.9 Å². The van der Waals surface area contributed by atoms with Crippen LogP contribution >= 0.6 is 0 Å². The molecule has 9 heteroatoms. The maximum Gasteiger partial charge on any atom is 0.231 e. The fourth-order valence-electron chi connectivity index (χ4n) is 3.89. The third-order valence-electron chi connectivity index (χ3n) is 5.43. The molecule has 0 radical (unpaired) electrons. The standard InChI is InChI=1S/C23H21FN6O2/c1-29-8-9-30-19(12-29)22(23(28-30)15-2-4-17(24)5-3-15)16-6-7-25-20(10-16)27-21(31)11-18-13-32-14-26-18/h2-7,10,13-14H,8-9,11-12H2,1H3,(H,25,27,31). The molecule has 0 spiro atoms. The van der Waals surface area contributed by atoms with Gasteiger partial charge < -0.3 is 9.73 Å². The lowest BCUT2D eigenvalue weighted by Gasteiger charge is -2.24. The van der Waals surface area contributed by atoms with Crippen LogP contribution in [0.2, 0.25) is 0 Å². The van der Waals surface area contributed by atoms with Gasteiger partial charge in [0.05, 0.1) is 24.4 Å². The minimum absolute atomic E-state index is 0.0945. The molecule has 0 bridgehead atoms. The number of hydrogen-bond donors (Lipinski definition) is 1. The Labute approximate surface area is 183 Å². The number of anilines is 1. The summed E-state index contributed by atoms with van der Waals surface area (Å²) in [5.74, 6) is -0.0933. The van der Waals surface area contributed by atoms with Crippen LogP contribution in [-0.2, 0) is 24.3 Å². The zero-order chi connectivity index (χ0) is 22.1. The van der Waals surface area contributed by atoms with Gasteiger partial charge in [-0.1, -0.05) is 0 Å². The Morgan fingerprint density at radius 3 is 2.78 bits per heavy atom. The van der Waals surface area contributed by atoms with Crippen LogP contribution in [0.1, 0.15) is 11.4 Å². The number of rotatable bonds is 5. The summed E-state index contributed by atoms with van der Waals surface area (Å²) in [6.07, 6.45) is 4.48. The van der Waals surface area contributed by atoms with E-state index in [2.05, 4.69) is 27.2 Å². The molecular formula is C23H21FN6O2. The summed E-state index contributed by atoms with van der Waals surface area (Å²) >= 11 is 0. The summed E-state index contributed by atoms with van der Waals surface area (Å²) < 4.78 is 20.4. The number of carbonyl (C=O) groups excluding carboxylic acids is 1. The molecule has 32 heavy (non-hydrogen) atoms. The maximum atomic E-state index is 13.5. The van der Waals surface area contributed by atoms with Crippen molar-refractivity contribution in [3.05, 3.63) is 72.5 Å². The van der Waals surface area contributed by atoms with Gasteiger partial charge in [-0.15, -0.1) is 0 Å². The Morgan fingerprint density at radius 2 is 2.00 bits per heavy atom. The van der Waals surface area contributed by atoms with Crippen molar-refractivity contribution in [2.45, 2.75) is 19.5 Å². The topological polar surface area (TPSA) is 89.1 Å². The summed E-state index contributed by atoms with van der Waals surface area (Å²) in [7, 11) is 2.07. The maximum absolute atomic E-state index is 13.5. The molecule has 8 nitrogen and oxygen atoms in total. The third kappa shape index (κ3) is 4.02. The van der Waals surface area contributed by atoms with Gasteiger partial charge in [-0.25, -0.2) is 14.4 Å². The summed E-state index contributed by atoms with van der Waals surface area (Å²) in [6.45, 7) is 2.41. The first-order valence-electron chi connectivity index (χ1n) is 10.2. The molecule has 0 saturated heterocycles. The summed E-state index contributed by atoms with van der Waals surface area (Å²) in [5, 5.41) is 7.66. The minimum Gasteiger partial charge on any atom is -0.451 e. The Balaban J connectivity index is 1.52. The lowest BCUT2D eigenvalue weighted by Crippen LogP contribution is -2.30. The molecule has 0 fully saturated rings. The lowest BCUT2D eigenvalue weighted by atomic mass is 9.98. The molecule has 1 N–H and O–H groups in total. The van der Waals surface area contributed by atoms with Crippen molar-refractivity contribution < 1.29 is 13.6 Å². The van der Waals surface area contributed by atoms with Crippen molar-refractivity contribution in [2.24, 2.45) is 0 Å². The molecule has 4 heterocycles. The number of carbonyl (C=O) groups is 1. The smallest absolute Gasteiger partial charge is 0.231 e. The molecule has 0 atom stereocenters. The first-order chi connectivity index (χ1) is 15.6. The van der Waals surface area contributed by atoms with Crippen LogP contribution in [-0.4, -0.2) is 44.1 Å². The van der Waals surface area contributed by atoms with Crippen molar-refractivity contribution in [1.29, 1.82) is 0 Å². The van der Waals surface area contributed by atoms with E-state index >= 15 is 0 Å². The molecule has 1 amide bonds. The Morgan fingerprint density at radius 1 is 1.16 bits per heavy atom. The van der Waals surface area contributed by atoms with Gasteiger partial charge in [-0.05, 0) is 49.0 Å². The van der Waals surface area contributed by atoms with Crippen LogP contribution in [0.3, 0.4) is 0 Å². The number of pyridine rings is 1. The van der Waals surface area contributed by atoms with Gasteiger partial charge >= 0.3 is 0 Å². The van der Waals surface area contributed by atoms with Gasteiger partial charge in [0, 0.05) is 30.4 Å². The quantitative estimate of drug-likeness (QED) is 0.520. The fraction of sp³-hybridized carbons (Fsp3) is 0.217. The number of halogens is 1. The van der Waals surface area contributed by atoms with Crippen molar-refractivity contribution in [3.63, 3.8) is 0 Å². The molecule has 4 aromatic rings. The van der Waals surface area contributed by atoms with E-state index < -0.39 is 0 Å².